The minimum absolute atomic E-state index is 0.244. The summed E-state index contributed by atoms with van der Waals surface area (Å²) in [6, 6.07) is 0.354. The molecule has 0 radical (unpaired) electrons. The summed E-state index contributed by atoms with van der Waals surface area (Å²) in [5.74, 6) is 0.301. The van der Waals surface area contributed by atoms with Gasteiger partial charge in [-0.3, -0.25) is 0 Å². The molecular weight excluding hydrogens is 190 g/mol. The Balaban J connectivity index is 3.81. The fourth-order valence-electron chi connectivity index (χ4n) is 1.49. The van der Waals surface area contributed by atoms with Crippen LogP contribution in [0.1, 0.15) is 47.0 Å². The lowest BCUT2D eigenvalue weighted by Gasteiger charge is -2.31. The zero-order valence-electron chi connectivity index (χ0n) is 10.6. The Labute approximate surface area is 93.9 Å². The van der Waals surface area contributed by atoms with Crippen molar-refractivity contribution in [3.63, 3.8) is 0 Å². The Hall–Kier alpha value is -0.120. The van der Waals surface area contributed by atoms with Crippen molar-refractivity contribution in [1.29, 1.82) is 0 Å². The number of hydrogen-bond acceptors (Lipinski definition) is 3. The first-order valence-corrected chi connectivity index (χ1v) is 6.00. The van der Waals surface area contributed by atoms with Crippen molar-refractivity contribution in [3.05, 3.63) is 0 Å². The van der Waals surface area contributed by atoms with Crippen LogP contribution in [0.3, 0.4) is 0 Å². The summed E-state index contributed by atoms with van der Waals surface area (Å²) in [5, 5.41) is 22.1. The van der Waals surface area contributed by atoms with Crippen molar-refractivity contribution in [2.45, 2.75) is 58.6 Å². The minimum Gasteiger partial charge on any atom is -0.396 e. The molecule has 3 unspecified atom stereocenters. The molecule has 3 heteroatoms. The molecule has 0 aromatic carbocycles. The van der Waals surface area contributed by atoms with Crippen LogP contribution in [0.15, 0.2) is 0 Å². The van der Waals surface area contributed by atoms with Crippen LogP contribution < -0.4 is 5.32 Å². The third-order valence-electron chi connectivity index (χ3n) is 3.28. The van der Waals surface area contributed by atoms with Crippen molar-refractivity contribution < 1.29 is 10.2 Å². The van der Waals surface area contributed by atoms with Crippen LogP contribution in [0.5, 0.6) is 0 Å². The molecule has 0 heterocycles. The maximum absolute atomic E-state index is 10.1. The van der Waals surface area contributed by atoms with Crippen LogP contribution in [0.25, 0.3) is 0 Å². The van der Waals surface area contributed by atoms with Gasteiger partial charge < -0.3 is 15.5 Å². The fraction of sp³-hybridized carbons (Fsp3) is 1.00. The number of nitrogens with one attached hydrogen (secondary N) is 1. The second-order valence-corrected chi connectivity index (χ2v) is 4.81. The highest BCUT2D eigenvalue weighted by Gasteiger charge is 2.26. The first kappa shape index (κ1) is 14.9. The zero-order chi connectivity index (χ0) is 11.9. The molecule has 0 bridgehead atoms. The summed E-state index contributed by atoms with van der Waals surface area (Å²) in [5.41, 5.74) is -0.637. The molecule has 0 aliphatic carbocycles. The van der Waals surface area contributed by atoms with Gasteiger partial charge in [0.1, 0.15) is 0 Å². The molecule has 3 atom stereocenters. The van der Waals surface area contributed by atoms with Gasteiger partial charge in [-0.05, 0) is 32.6 Å². The van der Waals surface area contributed by atoms with Gasteiger partial charge in [0, 0.05) is 19.2 Å². The lowest BCUT2D eigenvalue weighted by atomic mass is 9.88. The van der Waals surface area contributed by atoms with E-state index in [0.29, 0.717) is 18.5 Å². The van der Waals surface area contributed by atoms with Gasteiger partial charge in [0.2, 0.25) is 0 Å². The molecule has 15 heavy (non-hydrogen) atoms. The number of aliphatic hydroxyl groups is 2. The van der Waals surface area contributed by atoms with Gasteiger partial charge >= 0.3 is 0 Å². The molecule has 3 N–H and O–H groups in total. The Bertz CT molecular complexity index is 160. The molecule has 0 spiro atoms. The Morgan fingerprint density at radius 2 is 1.93 bits per heavy atom. The zero-order valence-corrected chi connectivity index (χ0v) is 10.6. The van der Waals surface area contributed by atoms with Gasteiger partial charge in [-0.15, -0.1) is 0 Å². The SMILES string of the molecule is CCC(C)C(C)(O)CNC(C)CCCO. The molecule has 0 aromatic heterocycles. The van der Waals surface area contributed by atoms with Gasteiger partial charge in [0.25, 0.3) is 0 Å². The molecule has 0 amide bonds. The molecule has 0 aliphatic rings. The van der Waals surface area contributed by atoms with Crippen LogP contribution >= 0.6 is 0 Å². The van der Waals surface area contributed by atoms with Crippen LogP contribution in [0.2, 0.25) is 0 Å². The molecule has 92 valence electrons. The Morgan fingerprint density at radius 1 is 1.33 bits per heavy atom. The maximum atomic E-state index is 10.1. The largest absolute Gasteiger partial charge is 0.396 e. The third kappa shape index (κ3) is 6.13. The highest BCUT2D eigenvalue weighted by Crippen LogP contribution is 2.19. The van der Waals surface area contributed by atoms with E-state index >= 15 is 0 Å². The summed E-state index contributed by atoms with van der Waals surface area (Å²) in [6.45, 7) is 8.99. The number of aliphatic hydroxyl groups excluding tert-OH is 1. The van der Waals surface area contributed by atoms with Gasteiger partial charge in [-0.2, -0.15) is 0 Å². The van der Waals surface area contributed by atoms with Gasteiger partial charge in [0.05, 0.1) is 5.60 Å². The van der Waals surface area contributed by atoms with Crippen LogP contribution in [0, 0.1) is 5.92 Å². The van der Waals surface area contributed by atoms with Crippen LogP contribution in [-0.2, 0) is 0 Å². The highest BCUT2D eigenvalue weighted by atomic mass is 16.3. The molecule has 0 saturated carbocycles. The normalized spacial score (nSPS) is 19.6. The molecule has 0 aromatic rings. The highest BCUT2D eigenvalue weighted by molar-refractivity contribution is 4.81. The summed E-state index contributed by atoms with van der Waals surface area (Å²) in [7, 11) is 0. The van der Waals surface area contributed by atoms with E-state index in [2.05, 4.69) is 26.1 Å². The molecule has 0 saturated heterocycles. The lowest BCUT2D eigenvalue weighted by Crippen LogP contribution is -2.45. The Morgan fingerprint density at radius 3 is 2.40 bits per heavy atom. The quantitative estimate of drug-likeness (QED) is 0.578. The van der Waals surface area contributed by atoms with E-state index in [0.717, 1.165) is 19.3 Å². The summed E-state index contributed by atoms with van der Waals surface area (Å²) in [4.78, 5) is 0. The minimum atomic E-state index is -0.637. The maximum Gasteiger partial charge on any atom is 0.0768 e. The average Bonchev–Trinajstić information content (AvgIpc) is 2.22. The van der Waals surface area contributed by atoms with E-state index in [-0.39, 0.29) is 6.61 Å². The smallest absolute Gasteiger partial charge is 0.0768 e. The van der Waals surface area contributed by atoms with Gasteiger partial charge in [0.15, 0.2) is 0 Å². The van der Waals surface area contributed by atoms with E-state index in [1.165, 1.54) is 0 Å². The second-order valence-electron chi connectivity index (χ2n) is 4.81. The topological polar surface area (TPSA) is 52.5 Å². The van der Waals surface area contributed by atoms with E-state index in [1.807, 2.05) is 6.92 Å². The van der Waals surface area contributed by atoms with Crippen LogP contribution in [-0.4, -0.2) is 35.0 Å². The van der Waals surface area contributed by atoms with E-state index < -0.39 is 5.60 Å². The van der Waals surface area contributed by atoms with Crippen LogP contribution in [0.4, 0.5) is 0 Å². The molecule has 0 aliphatic heterocycles. The summed E-state index contributed by atoms with van der Waals surface area (Å²) in [6.07, 6.45) is 2.76. The lowest BCUT2D eigenvalue weighted by molar-refractivity contribution is 0.00340. The fourth-order valence-corrected chi connectivity index (χ4v) is 1.49. The standard InChI is InChI=1S/C12H27NO2/c1-5-10(2)12(4,15)9-13-11(3)7-6-8-14/h10-11,13-15H,5-9H2,1-4H3. The first-order valence-electron chi connectivity index (χ1n) is 6.00. The monoisotopic (exact) mass is 217 g/mol. The van der Waals surface area contributed by atoms with Crippen molar-refractivity contribution in [2.24, 2.45) is 5.92 Å². The van der Waals surface area contributed by atoms with Gasteiger partial charge in [-0.1, -0.05) is 20.3 Å². The van der Waals surface area contributed by atoms with Crippen molar-refractivity contribution in [3.8, 4) is 0 Å². The molecule has 0 fully saturated rings. The van der Waals surface area contributed by atoms with Crippen molar-refractivity contribution >= 4 is 0 Å². The van der Waals surface area contributed by atoms with E-state index in [4.69, 9.17) is 5.11 Å². The number of rotatable bonds is 8. The summed E-state index contributed by atoms with van der Waals surface area (Å²) >= 11 is 0. The predicted molar refractivity (Wildman–Crippen MR) is 63.9 cm³/mol. The van der Waals surface area contributed by atoms with E-state index in [1.54, 1.807) is 0 Å². The van der Waals surface area contributed by atoms with E-state index in [9.17, 15) is 5.11 Å². The first-order chi connectivity index (χ1) is 6.94. The van der Waals surface area contributed by atoms with Crippen molar-refractivity contribution in [1.82, 2.24) is 5.32 Å². The van der Waals surface area contributed by atoms with Gasteiger partial charge in [-0.25, -0.2) is 0 Å². The molecular formula is C12H27NO2. The molecule has 3 nitrogen and oxygen atoms in total. The average molecular weight is 217 g/mol. The Kier molecular flexibility index (Phi) is 7.14. The third-order valence-corrected chi connectivity index (χ3v) is 3.28. The predicted octanol–water partition coefficient (Wildman–Crippen LogP) is 1.53. The number of hydrogen-bond donors (Lipinski definition) is 3. The summed E-state index contributed by atoms with van der Waals surface area (Å²) < 4.78 is 0. The molecule has 0 rings (SSSR count). The van der Waals surface area contributed by atoms with Crippen molar-refractivity contribution in [2.75, 3.05) is 13.2 Å². The second kappa shape index (κ2) is 7.20.